The molecule has 1 unspecified atom stereocenters. The second kappa shape index (κ2) is 5.41. The normalized spacial score (nSPS) is 12.5. The van der Waals surface area contributed by atoms with Gasteiger partial charge in [-0.15, -0.1) is 0 Å². The first-order valence-corrected chi connectivity index (χ1v) is 6.95. The van der Waals surface area contributed by atoms with E-state index in [9.17, 15) is 4.39 Å². The number of hydrogen-bond acceptors (Lipinski definition) is 0. The summed E-state index contributed by atoms with van der Waals surface area (Å²) >= 11 is 9.65. The smallest absolute Gasteiger partial charge is 0.129 e. The maximum absolute atomic E-state index is 13.9. The lowest BCUT2D eigenvalue weighted by Gasteiger charge is -2.16. The van der Waals surface area contributed by atoms with Crippen LogP contribution >= 0.6 is 27.5 Å². The van der Waals surface area contributed by atoms with Crippen molar-refractivity contribution in [3.8, 4) is 0 Å². The molecule has 94 valence electrons. The maximum atomic E-state index is 13.9. The molecule has 18 heavy (non-hydrogen) atoms. The van der Waals surface area contributed by atoms with Crippen LogP contribution in [0, 0.1) is 19.7 Å². The van der Waals surface area contributed by atoms with Gasteiger partial charge >= 0.3 is 0 Å². The van der Waals surface area contributed by atoms with Gasteiger partial charge in [-0.2, -0.15) is 0 Å². The third kappa shape index (κ3) is 2.60. The van der Waals surface area contributed by atoms with Crippen LogP contribution in [0.3, 0.4) is 0 Å². The minimum absolute atomic E-state index is 0.230. The highest BCUT2D eigenvalue weighted by molar-refractivity contribution is 9.09. The molecule has 2 aromatic carbocycles. The van der Waals surface area contributed by atoms with Gasteiger partial charge in [0.15, 0.2) is 0 Å². The molecular weight excluding hydrogens is 315 g/mol. The number of benzene rings is 2. The molecule has 0 aliphatic heterocycles. The Kier molecular flexibility index (Phi) is 4.08. The molecule has 0 spiro atoms. The van der Waals surface area contributed by atoms with Crippen LogP contribution in [0.15, 0.2) is 36.4 Å². The molecule has 0 amide bonds. The van der Waals surface area contributed by atoms with Crippen molar-refractivity contribution in [2.24, 2.45) is 0 Å². The first-order chi connectivity index (χ1) is 8.50. The highest BCUT2D eigenvalue weighted by atomic mass is 79.9. The predicted molar refractivity (Wildman–Crippen MR) is 78.1 cm³/mol. The fourth-order valence-electron chi connectivity index (χ4n) is 1.94. The Balaban J connectivity index is 2.54. The minimum atomic E-state index is -0.287. The van der Waals surface area contributed by atoms with E-state index in [1.165, 1.54) is 6.07 Å². The third-order valence-corrected chi connectivity index (χ3v) is 4.24. The van der Waals surface area contributed by atoms with Gasteiger partial charge in [-0.3, -0.25) is 0 Å². The summed E-state index contributed by atoms with van der Waals surface area (Å²) in [5, 5.41) is 0.442. The fraction of sp³-hybridized carbons (Fsp3) is 0.200. The number of hydrogen-bond donors (Lipinski definition) is 0. The number of rotatable bonds is 2. The summed E-state index contributed by atoms with van der Waals surface area (Å²) in [7, 11) is 0. The summed E-state index contributed by atoms with van der Waals surface area (Å²) < 4.78 is 13.9. The Bertz CT molecular complexity index is 560. The maximum Gasteiger partial charge on any atom is 0.129 e. The predicted octanol–water partition coefficient (Wildman–Crippen LogP) is 5.58. The standard InChI is InChI=1S/C15H13BrClF/c1-9-6-7-10(2)11(8-9)15(16)14-12(17)4-3-5-13(14)18/h3-8,15H,1-2H3. The van der Waals surface area contributed by atoms with Gasteiger partial charge in [0.2, 0.25) is 0 Å². The molecule has 0 radical (unpaired) electrons. The van der Waals surface area contributed by atoms with E-state index in [1.54, 1.807) is 12.1 Å². The van der Waals surface area contributed by atoms with Gasteiger partial charge in [0.25, 0.3) is 0 Å². The number of aryl methyl sites for hydroxylation is 2. The molecule has 0 saturated carbocycles. The van der Waals surface area contributed by atoms with E-state index in [4.69, 9.17) is 11.6 Å². The Hall–Kier alpha value is -0.860. The Morgan fingerprint density at radius 3 is 2.56 bits per heavy atom. The van der Waals surface area contributed by atoms with Gasteiger partial charge in [0.1, 0.15) is 5.82 Å². The molecule has 1 atom stereocenters. The highest BCUT2D eigenvalue weighted by Crippen LogP contribution is 2.38. The molecule has 0 nitrogen and oxygen atoms in total. The van der Waals surface area contributed by atoms with Crippen LogP contribution < -0.4 is 0 Å². The van der Waals surface area contributed by atoms with Gasteiger partial charge < -0.3 is 0 Å². The number of halogens is 3. The lowest BCUT2D eigenvalue weighted by Crippen LogP contribution is -2.00. The SMILES string of the molecule is Cc1ccc(C)c(C(Br)c2c(F)cccc2Cl)c1. The van der Waals surface area contributed by atoms with Gasteiger partial charge in [-0.1, -0.05) is 57.4 Å². The van der Waals surface area contributed by atoms with Gasteiger partial charge in [-0.05, 0) is 37.1 Å². The topological polar surface area (TPSA) is 0 Å². The van der Waals surface area contributed by atoms with Gasteiger partial charge in [-0.25, -0.2) is 4.39 Å². The van der Waals surface area contributed by atoms with E-state index in [2.05, 4.69) is 22.0 Å². The lowest BCUT2D eigenvalue weighted by atomic mass is 9.98. The Morgan fingerprint density at radius 1 is 1.17 bits per heavy atom. The minimum Gasteiger partial charge on any atom is -0.207 e. The monoisotopic (exact) mass is 326 g/mol. The van der Waals surface area contributed by atoms with Crippen LogP contribution in [0.5, 0.6) is 0 Å². The van der Waals surface area contributed by atoms with Crippen LogP contribution in [-0.4, -0.2) is 0 Å². The van der Waals surface area contributed by atoms with E-state index < -0.39 is 0 Å². The average molecular weight is 328 g/mol. The zero-order valence-electron chi connectivity index (χ0n) is 10.2. The summed E-state index contributed by atoms with van der Waals surface area (Å²) in [6, 6.07) is 10.9. The van der Waals surface area contributed by atoms with Crippen molar-refractivity contribution in [1.29, 1.82) is 0 Å². The third-order valence-electron chi connectivity index (χ3n) is 2.96. The molecule has 0 fully saturated rings. The summed E-state index contributed by atoms with van der Waals surface area (Å²) in [6.45, 7) is 4.03. The summed E-state index contributed by atoms with van der Waals surface area (Å²) in [4.78, 5) is -0.230. The van der Waals surface area contributed by atoms with Gasteiger partial charge in [0, 0.05) is 10.6 Å². The van der Waals surface area contributed by atoms with E-state index in [0.29, 0.717) is 10.6 Å². The largest absolute Gasteiger partial charge is 0.207 e. The first kappa shape index (κ1) is 13.6. The number of alkyl halides is 1. The average Bonchev–Trinajstić information content (AvgIpc) is 2.32. The van der Waals surface area contributed by atoms with Crippen LogP contribution in [0.2, 0.25) is 5.02 Å². The van der Waals surface area contributed by atoms with Crippen LogP contribution in [0.25, 0.3) is 0 Å². The molecule has 0 heterocycles. The molecule has 0 bridgehead atoms. The molecule has 0 aliphatic carbocycles. The van der Waals surface area contributed by atoms with E-state index in [-0.39, 0.29) is 10.6 Å². The van der Waals surface area contributed by atoms with Crippen molar-refractivity contribution in [1.82, 2.24) is 0 Å². The van der Waals surface area contributed by atoms with Crippen LogP contribution in [0.1, 0.15) is 27.1 Å². The van der Waals surface area contributed by atoms with Crippen molar-refractivity contribution in [3.63, 3.8) is 0 Å². The first-order valence-electron chi connectivity index (χ1n) is 5.66. The van der Waals surface area contributed by atoms with Crippen LogP contribution in [0.4, 0.5) is 4.39 Å². The van der Waals surface area contributed by atoms with E-state index in [0.717, 1.165) is 16.7 Å². The highest BCUT2D eigenvalue weighted by Gasteiger charge is 2.19. The summed E-state index contributed by atoms with van der Waals surface area (Å²) in [6.07, 6.45) is 0. The van der Waals surface area contributed by atoms with Gasteiger partial charge in [0.05, 0.1) is 4.83 Å². The molecule has 2 aromatic rings. The van der Waals surface area contributed by atoms with Crippen molar-refractivity contribution in [2.75, 3.05) is 0 Å². The summed E-state index contributed by atoms with van der Waals surface area (Å²) in [5.41, 5.74) is 3.80. The fourth-order valence-corrected chi connectivity index (χ4v) is 3.30. The van der Waals surface area contributed by atoms with Crippen molar-refractivity contribution < 1.29 is 4.39 Å². The Labute approximate surface area is 120 Å². The Morgan fingerprint density at radius 2 is 1.89 bits per heavy atom. The zero-order valence-corrected chi connectivity index (χ0v) is 12.5. The van der Waals surface area contributed by atoms with E-state index >= 15 is 0 Å². The van der Waals surface area contributed by atoms with Crippen molar-refractivity contribution >= 4 is 27.5 Å². The van der Waals surface area contributed by atoms with Crippen molar-refractivity contribution in [2.45, 2.75) is 18.7 Å². The lowest BCUT2D eigenvalue weighted by molar-refractivity contribution is 0.613. The molecule has 3 heteroatoms. The van der Waals surface area contributed by atoms with Crippen LogP contribution in [-0.2, 0) is 0 Å². The molecule has 0 aliphatic rings. The molecule has 0 N–H and O–H groups in total. The van der Waals surface area contributed by atoms with E-state index in [1.807, 2.05) is 26.0 Å². The zero-order chi connectivity index (χ0) is 13.3. The second-order valence-corrected chi connectivity index (χ2v) is 5.68. The summed E-state index contributed by atoms with van der Waals surface area (Å²) in [5.74, 6) is -0.287. The molecular formula is C15H13BrClF. The second-order valence-electron chi connectivity index (χ2n) is 4.36. The molecule has 0 saturated heterocycles. The quantitative estimate of drug-likeness (QED) is 0.632. The van der Waals surface area contributed by atoms with Crippen molar-refractivity contribution in [3.05, 3.63) is 69.5 Å². The molecule has 2 rings (SSSR count). The molecule has 0 aromatic heterocycles.